The van der Waals surface area contributed by atoms with Gasteiger partial charge in [-0.05, 0) is 45.8 Å². The number of guanidine groups is 1. The number of nitrogens with two attached hydrogens (primary N) is 1. The van der Waals surface area contributed by atoms with E-state index in [1.54, 1.807) is 0 Å². The fraction of sp³-hybridized carbons (Fsp3) is 0.632. The fourth-order valence-electron chi connectivity index (χ4n) is 3.59. The number of hydrogen-bond donors (Lipinski definition) is 2. The summed E-state index contributed by atoms with van der Waals surface area (Å²) in [6, 6.07) is 8.32. The molecule has 1 aromatic rings. The number of hydrogen-bond acceptors (Lipinski definition) is 3. The zero-order valence-electron chi connectivity index (χ0n) is 14.9. The number of fused-ring (bicyclic) bond motifs is 1. The van der Waals surface area contributed by atoms with Gasteiger partial charge in [0.15, 0.2) is 5.96 Å². The minimum absolute atomic E-state index is 0.0559. The number of likely N-dealkylation sites (tertiary alicyclic amines) is 1. The predicted octanol–water partition coefficient (Wildman–Crippen LogP) is 2.68. The number of para-hydroxylation sites is 1. The molecule has 2 heterocycles. The van der Waals surface area contributed by atoms with Gasteiger partial charge in [-0.2, -0.15) is 0 Å². The van der Waals surface area contributed by atoms with Crippen molar-refractivity contribution >= 4 is 5.96 Å². The van der Waals surface area contributed by atoms with Crippen LogP contribution in [0.5, 0.6) is 5.75 Å². The average Bonchev–Trinajstić information content (AvgIpc) is 2.61. The van der Waals surface area contributed by atoms with Gasteiger partial charge in [-0.3, -0.25) is 9.89 Å². The van der Waals surface area contributed by atoms with Crippen LogP contribution >= 0.6 is 0 Å². The van der Waals surface area contributed by atoms with Gasteiger partial charge < -0.3 is 15.8 Å². The zero-order valence-corrected chi connectivity index (χ0v) is 14.9. The molecule has 1 aromatic carbocycles. The van der Waals surface area contributed by atoms with E-state index in [0.29, 0.717) is 12.6 Å². The largest absolute Gasteiger partial charge is 0.493 e. The molecule has 0 radical (unpaired) electrons. The molecule has 24 heavy (non-hydrogen) atoms. The summed E-state index contributed by atoms with van der Waals surface area (Å²) in [6.07, 6.45) is 4.84. The lowest BCUT2D eigenvalue weighted by molar-refractivity contribution is 0.102. The number of ether oxygens (including phenoxy) is 1. The van der Waals surface area contributed by atoms with Crippen LogP contribution in [-0.2, 0) is 0 Å². The van der Waals surface area contributed by atoms with Crippen LogP contribution in [0.1, 0.15) is 51.1 Å². The fourth-order valence-corrected chi connectivity index (χ4v) is 3.59. The van der Waals surface area contributed by atoms with Crippen LogP contribution in [0.3, 0.4) is 0 Å². The van der Waals surface area contributed by atoms with Gasteiger partial charge in [0.1, 0.15) is 5.75 Å². The average molecular weight is 330 g/mol. The topological polar surface area (TPSA) is 62.9 Å². The van der Waals surface area contributed by atoms with Crippen molar-refractivity contribution < 1.29 is 4.74 Å². The Bertz CT molecular complexity index is 578. The highest BCUT2D eigenvalue weighted by molar-refractivity contribution is 5.78. The van der Waals surface area contributed by atoms with E-state index < -0.39 is 0 Å². The van der Waals surface area contributed by atoms with Crippen LogP contribution in [0, 0.1) is 0 Å². The van der Waals surface area contributed by atoms with Crippen LogP contribution in [0.4, 0.5) is 0 Å². The molecule has 2 aliphatic heterocycles. The lowest BCUT2D eigenvalue weighted by Crippen LogP contribution is -2.49. The maximum absolute atomic E-state index is 6.18. The summed E-state index contributed by atoms with van der Waals surface area (Å²) in [6.45, 7) is 8.29. The number of nitrogens with zero attached hydrogens (tertiary/aromatic N) is 2. The first-order valence-electron chi connectivity index (χ1n) is 9.09. The molecular formula is C19H30N4O. The zero-order chi connectivity index (χ0) is 17.0. The second kappa shape index (κ2) is 7.43. The molecule has 5 nitrogen and oxygen atoms in total. The van der Waals surface area contributed by atoms with Crippen LogP contribution in [0.2, 0.25) is 0 Å². The Labute approximate surface area is 145 Å². The molecular weight excluding hydrogens is 300 g/mol. The highest BCUT2D eigenvalue weighted by Gasteiger charge is 2.28. The first kappa shape index (κ1) is 17.1. The van der Waals surface area contributed by atoms with Crippen molar-refractivity contribution in [2.45, 2.75) is 51.1 Å². The molecule has 5 heteroatoms. The van der Waals surface area contributed by atoms with E-state index in [2.05, 4.69) is 35.1 Å². The first-order chi connectivity index (χ1) is 11.6. The van der Waals surface area contributed by atoms with Crippen LogP contribution < -0.4 is 15.8 Å². The van der Waals surface area contributed by atoms with E-state index in [0.717, 1.165) is 24.3 Å². The van der Waals surface area contributed by atoms with E-state index in [1.807, 2.05) is 18.2 Å². The SMILES string of the molecule is CC(C)(CN=C(N)NC1CCOc2ccccc21)N1CCCCC1. The van der Waals surface area contributed by atoms with Crippen LogP contribution in [0.15, 0.2) is 29.3 Å². The summed E-state index contributed by atoms with van der Waals surface area (Å²) in [5.74, 6) is 1.48. The highest BCUT2D eigenvalue weighted by Crippen LogP contribution is 2.31. The lowest BCUT2D eigenvalue weighted by Gasteiger charge is -2.40. The van der Waals surface area contributed by atoms with Gasteiger partial charge in [0.25, 0.3) is 0 Å². The van der Waals surface area contributed by atoms with E-state index in [4.69, 9.17) is 10.5 Å². The summed E-state index contributed by atoms with van der Waals surface area (Å²) in [7, 11) is 0. The maximum Gasteiger partial charge on any atom is 0.189 e. The summed E-state index contributed by atoms with van der Waals surface area (Å²) in [4.78, 5) is 7.18. The molecule has 0 spiro atoms. The molecule has 3 rings (SSSR count). The van der Waals surface area contributed by atoms with Gasteiger partial charge in [-0.25, -0.2) is 0 Å². The van der Waals surface area contributed by atoms with E-state index >= 15 is 0 Å². The van der Waals surface area contributed by atoms with Crippen LogP contribution in [-0.4, -0.2) is 42.6 Å². The molecule has 132 valence electrons. The summed E-state index contributed by atoms with van der Waals surface area (Å²) < 4.78 is 5.70. The van der Waals surface area contributed by atoms with Gasteiger partial charge in [-0.1, -0.05) is 24.6 Å². The number of aliphatic imine (C=N–C) groups is 1. The quantitative estimate of drug-likeness (QED) is 0.658. The summed E-state index contributed by atoms with van der Waals surface area (Å²) in [5.41, 5.74) is 7.40. The minimum Gasteiger partial charge on any atom is -0.493 e. The number of rotatable bonds is 4. The van der Waals surface area contributed by atoms with E-state index in [9.17, 15) is 0 Å². The smallest absolute Gasteiger partial charge is 0.189 e. The number of benzene rings is 1. The molecule has 1 atom stereocenters. The van der Waals surface area contributed by atoms with Crippen molar-refractivity contribution in [3.05, 3.63) is 29.8 Å². The second-order valence-electron chi connectivity index (χ2n) is 7.43. The molecule has 0 saturated carbocycles. The molecule has 0 aromatic heterocycles. The third-order valence-electron chi connectivity index (χ3n) is 5.13. The molecule has 1 unspecified atom stereocenters. The van der Waals surface area contributed by atoms with Crippen molar-refractivity contribution in [1.29, 1.82) is 0 Å². The molecule has 0 bridgehead atoms. The third kappa shape index (κ3) is 4.01. The minimum atomic E-state index is 0.0559. The Morgan fingerprint density at radius 3 is 2.83 bits per heavy atom. The van der Waals surface area contributed by atoms with Gasteiger partial charge in [-0.15, -0.1) is 0 Å². The Kier molecular flexibility index (Phi) is 5.29. The Morgan fingerprint density at radius 1 is 1.29 bits per heavy atom. The standard InChI is InChI=1S/C19H30N4O/c1-19(2,23-11-6-3-7-12-23)14-21-18(20)22-16-10-13-24-17-9-5-4-8-15(16)17/h4-5,8-9,16H,3,6-7,10-14H2,1-2H3,(H3,20,21,22). The molecule has 2 aliphatic rings. The summed E-state index contributed by atoms with van der Waals surface area (Å²) >= 11 is 0. The van der Waals surface area contributed by atoms with Gasteiger partial charge >= 0.3 is 0 Å². The second-order valence-corrected chi connectivity index (χ2v) is 7.43. The number of piperidine rings is 1. The van der Waals surface area contributed by atoms with Crippen LogP contribution in [0.25, 0.3) is 0 Å². The normalized spacial score (nSPS) is 22.6. The van der Waals surface area contributed by atoms with Gasteiger partial charge in [0.05, 0.1) is 19.2 Å². The van der Waals surface area contributed by atoms with E-state index in [1.165, 1.54) is 32.4 Å². The molecule has 0 aliphatic carbocycles. The van der Waals surface area contributed by atoms with Crippen molar-refractivity contribution in [2.24, 2.45) is 10.7 Å². The molecule has 0 amide bonds. The highest BCUT2D eigenvalue weighted by atomic mass is 16.5. The van der Waals surface area contributed by atoms with Gasteiger partial charge in [0, 0.05) is 17.5 Å². The van der Waals surface area contributed by atoms with Crippen molar-refractivity contribution in [2.75, 3.05) is 26.2 Å². The van der Waals surface area contributed by atoms with Crippen molar-refractivity contribution in [1.82, 2.24) is 10.2 Å². The Morgan fingerprint density at radius 2 is 2.04 bits per heavy atom. The Balaban J connectivity index is 1.60. The van der Waals surface area contributed by atoms with Crippen molar-refractivity contribution in [3.8, 4) is 5.75 Å². The number of nitrogens with one attached hydrogen (secondary N) is 1. The lowest BCUT2D eigenvalue weighted by atomic mass is 9.99. The predicted molar refractivity (Wildman–Crippen MR) is 98.4 cm³/mol. The molecule has 3 N–H and O–H groups in total. The van der Waals surface area contributed by atoms with Gasteiger partial charge in [0.2, 0.25) is 0 Å². The van der Waals surface area contributed by atoms with Crippen molar-refractivity contribution in [3.63, 3.8) is 0 Å². The third-order valence-corrected chi connectivity index (χ3v) is 5.13. The molecule has 1 fully saturated rings. The molecule has 1 saturated heterocycles. The summed E-state index contributed by atoms with van der Waals surface area (Å²) in [5, 5.41) is 3.38. The first-order valence-corrected chi connectivity index (χ1v) is 9.09. The monoisotopic (exact) mass is 330 g/mol. The Hall–Kier alpha value is -1.75. The maximum atomic E-state index is 6.18. The van der Waals surface area contributed by atoms with E-state index in [-0.39, 0.29) is 11.6 Å².